The second kappa shape index (κ2) is 10.6. The first-order chi connectivity index (χ1) is 17.5. The first-order valence-electron chi connectivity index (χ1n) is 12.3. The minimum Gasteiger partial charge on any atom is -0.454 e. The van der Waals surface area contributed by atoms with E-state index in [0.29, 0.717) is 35.8 Å². The highest BCUT2D eigenvalue weighted by molar-refractivity contribution is 7.53. The lowest BCUT2D eigenvalue weighted by atomic mass is 10.1. The molecule has 1 aliphatic rings. The van der Waals surface area contributed by atoms with Gasteiger partial charge < -0.3 is 23.1 Å². The van der Waals surface area contributed by atoms with Crippen molar-refractivity contribution in [2.75, 3.05) is 44.4 Å². The molecule has 0 atom stereocenters. The number of hydrogen-bond acceptors (Lipinski definition) is 8. The summed E-state index contributed by atoms with van der Waals surface area (Å²) < 4.78 is 38.4. The quantitative estimate of drug-likeness (QED) is 0.269. The highest BCUT2D eigenvalue weighted by Gasteiger charge is 2.31. The normalized spacial score (nSPS) is 14.6. The Morgan fingerprint density at radius 1 is 1.08 bits per heavy atom. The number of morpholine rings is 1. The van der Waals surface area contributed by atoms with E-state index in [0.717, 1.165) is 35.6 Å². The van der Waals surface area contributed by atoms with Crippen molar-refractivity contribution < 1.29 is 22.8 Å². The van der Waals surface area contributed by atoms with E-state index < -0.39 is 7.60 Å². The number of nitrogens with zero attached hydrogens (tertiary/aromatic N) is 4. The zero-order valence-electron chi connectivity index (χ0n) is 20.8. The Balaban J connectivity index is 1.65. The topological polar surface area (TPSA) is 91.8 Å². The molecule has 5 rings (SSSR count). The van der Waals surface area contributed by atoms with Gasteiger partial charge in [-0.25, -0.2) is 4.68 Å². The lowest BCUT2D eigenvalue weighted by Crippen LogP contribution is -2.36. The van der Waals surface area contributed by atoms with E-state index in [4.69, 9.17) is 23.3 Å². The summed E-state index contributed by atoms with van der Waals surface area (Å²) in [5, 5.41) is 4.85. The Labute approximate surface area is 210 Å². The molecule has 10 heteroatoms. The SMILES string of the molecule is CCOP(=O)(Cc1oc2c(N3CCOCC3)ccnc2c1-n1ccc(-c2cccc(C)c2)n1)OCC. The molecule has 4 aromatic rings. The molecule has 3 aromatic heterocycles. The lowest BCUT2D eigenvalue weighted by molar-refractivity contribution is 0.122. The van der Waals surface area contributed by atoms with Crippen LogP contribution in [0.5, 0.6) is 0 Å². The highest BCUT2D eigenvalue weighted by Crippen LogP contribution is 2.53. The van der Waals surface area contributed by atoms with E-state index in [-0.39, 0.29) is 19.4 Å². The van der Waals surface area contributed by atoms with Crippen LogP contribution in [0.3, 0.4) is 0 Å². The maximum atomic E-state index is 13.5. The van der Waals surface area contributed by atoms with Gasteiger partial charge in [-0.3, -0.25) is 9.55 Å². The lowest BCUT2D eigenvalue weighted by Gasteiger charge is -2.28. The van der Waals surface area contributed by atoms with Crippen LogP contribution in [0.15, 0.2) is 53.2 Å². The average molecular weight is 511 g/mol. The molecule has 0 N–H and O–H groups in total. The Hall–Kier alpha value is -2.97. The van der Waals surface area contributed by atoms with Crippen molar-refractivity contribution in [3.8, 4) is 16.9 Å². The molecule has 0 amide bonds. The van der Waals surface area contributed by atoms with Crippen LogP contribution in [0.2, 0.25) is 0 Å². The number of furan rings is 1. The first kappa shape index (κ1) is 24.7. The minimum atomic E-state index is -3.45. The molecular weight excluding hydrogens is 479 g/mol. The standard InChI is InChI=1S/C26H31N4O5P/c1-4-33-36(31,34-5-2)18-23-25(30-12-10-21(28-30)20-8-6-7-19(3)17-20)24-26(35-23)22(9-11-27-24)29-13-15-32-16-14-29/h6-12,17H,4-5,13-16,18H2,1-3H3. The predicted octanol–water partition coefficient (Wildman–Crippen LogP) is 5.59. The number of ether oxygens (including phenoxy) is 1. The molecule has 36 heavy (non-hydrogen) atoms. The van der Waals surface area contributed by atoms with Crippen LogP contribution >= 0.6 is 7.60 Å². The number of fused-ring (bicyclic) bond motifs is 1. The van der Waals surface area contributed by atoms with Crippen molar-refractivity contribution in [1.29, 1.82) is 0 Å². The van der Waals surface area contributed by atoms with Gasteiger partial charge in [0.2, 0.25) is 0 Å². The largest absolute Gasteiger partial charge is 0.454 e. The first-order valence-corrected chi connectivity index (χ1v) is 14.0. The van der Waals surface area contributed by atoms with Gasteiger partial charge in [-0.1, -0.05) is 23.8 Å². The van der Waals surface area contributed by atoms with Crippen molar-refractivity contribution in [3.05, 3.63) is 60.1 Å². The van der Waals surface area contributed by atoms with Crippen LogP contribution in [0.25, 0.3) is 28.0 Å². The Morgan fingerprint density at radius 2 is 1.86 bits per heavy atom. The molecule has 190 valence electrons. The molecule has 0 unspecified atom stereocenters. The Bertz CT molecular complexity index is 1380. The molecule has 9 nitrogen and oxygen atoms in total. The molecule has 0 saturated carbocycles. The molecule has 0 radical (unpaired) electrons. The van der Waals surface area contributed by atoms with Crippen molar-refractivity contribution in [3.63, 3.8) is 0 Å². The third kappa shape index (κ3) is 4.97. The van der Waals surface area contributed by atoms with Gasteiger partial charge >= 0.3 is 7.60 Å². The van der Waals surface area contributed by atoms with Gasteiger partial charge in [0.05, 0.1) is 37.8 Å². The van der Waals surface area contributed by atoms with Crippen LogP contribution < -0.4 is 4.90 Å². The van der Waals surface area contributed by atoms with E-state index in [9.17, 15) is 4.57 Å². The summed E-state index contributed by atoms with van der Waals surface area (Å²) in [6, 6.07) is 12.1. The fourth-order valence-corrected chi connectivity index (χ4v) is 6.12. The summed E-state index contributed by atoms with van der Waals surface area (Å²) >= 11 is 0. The fourth-order valence-electron chi connectivity index (χ4n) is 4.51. The Morgan fingerprint density at radius 3 is 2.58 bits per heavy atom. The smallest absolute Gasteiger partial charge is 0.338 e. The molecule has 1 fully saturated rings. The fraction of sp³-hybridized carbons (Fsp3) is 0.385. The van der Waals surface area contributed by atoms with E-state index in [1.54, 1.807) is 24.7 Å². The van der Waals surface area contributed by atoms with Crippen LogP contribution in [0.4, 0.5) is 5.69 Å². The van der Waals surface area contributed by atoms with Gasteiger partial charge in [0.25, 0.3) is 0 Å². The summed E-state index contributed by atoms with van der Waals surface area (Å²) in [7, 11) is -3.45. The van der Waals surface area contributed by atoms with Crippen LogP contribution in [-0.4, -0.2) is 54.3 Å². The molecule has 1 aromatic carbocycles. The monoisotopic (exact) mass is 510 g/mol. The molecule has 1 aliphatic heterocycles. The number of anilines is 1. The van der Waals surface area contributed by atoms with E-state index in [2.05, 4.69) is 28.9 Å². The second-order valence-electron chi connectivity index (χ2n) is 8.60. The molecule has 1 saturated heterocycles. The van der Waals surface area contributed by atoms with Crippen molar-refractivity contribution >= 4 is 24.4 Å². The van der Waals surface area contributed by atoms with E-state index in [1.165, 1.54) is 0 Å². The van der Waals surface area contributed by atoms with Gasteiger partial charge in [0.1, 0.15) is 23.1 Å². The number of aromatic nitrogens is 3. The van der Waals surface area contributed by atoms with E-state index >= 15 is 0 Å². The molecule has 0 bridgehead atoms. The number of rotatable bonds is 9. The number of pyridine rings is 1. The number of hydrogen-bond donors (Lipinski definition) is 0. The highest BCUT2D eigenvalue weighted by atomic mass is 31.2. The minimum absolute atomic E-state index is 0.0252. The van der Waals surface area contributed by atoms with Crippen LogP contribution in [0.1, 0.15) is 25.2 Å². The van der Waals surface area contributed by atoms with Crippen LogP contribution in [0, 0.1) is 6.92 Å². The molecule has 0 spiro atoms. The summed E-state index contributed by atoms with van der Waals surface area (Å²) in [5.74, 6) is 0.460. The Kier molecular flexibility index (Phi) is 7.25. The zero-order chi connectivity index (χ0) is 25.1. The maximum absolute atomic E-state index is 13.5. The van der Waals surface area contributed by atoms with Gasteiger partial charge in [0.15, 0.2) is 5.58 Å². The molecule has 4 heterocycles. The van der Waals surface area contributed by atoms with Crippen molar-refractivity contribution in [2.24, 2.45) is 0 Å². The van der Waals surface area contributed by atoms with E-state index in [1.807, 2.05) is 30.5 Å². The summed E-state index contributed by atoms with van der Waals surface area (Å²) in [6.45, 7) is 8.97. The number of aryl methyl sites for hydroxylation is 1. The third-order valence-corrected chi connectivity index (χ3v) is 8.05. The summed E-state index contributed by atoms with van der Waals surface area (Å²) in [6.07, 6.45) is 3.62. The molecular formula is C26H31N4O5P. The maximum Gasteiger partial charge on any atom is 0.338 e. The number of benzene rings is 1. The predicted molar refractivity (Wildman–Crippen MR) is 139 cm³/mol. The van der Waals surface area contributed by atoms with Crippen LogP contribution in [-0.2, 0) is 24.5 Å². The zero-order valence-corrected chi connectivity index (χ0v) is 21.7. The van der Waals surface area contributed by atoms with Crippen molar-refractivity contribution in [2.45, 2.75) is 26.9 Å². The van der Waals surface area contributed by atoms with Gasteiger partial charge in [-0.15, -0.1) is 0 Å². The summed E-state index contributed by atoms with van der Waals surface area (Å²) in [4.78, 5) is 6.89. The van der Waals surface area contributed by atoms with Crippen molar-refractivity contribution in [1.82, 2.24) is 14.8 Å². The second-order valence-corrected chi connectivity index (χ2v) is 10.7. The van der Waals surface area contributed by atoms with Gasteiger partial charge in [-0.05, 0) is 39.0 Å². The average Bonchev–Trinajstić information content (AvgIpc) is 3.49. The third-order valence-electron chi connectivity index (χ3n) is 6.07. The van der Waals surface area contributed by atoms with Gasteiger partial charge in [0, 0.05) is 31.0 Å². The van der Waals surface area contributed by atoms with Gasteiger partial charge in [-0.2, -0.15) is 5.10 Å². The summed E-state index contributed by atoms with van der Waals surface area (Å²) in [5.41, 5.74) is 5.82. The molecule has 0 aliphatic carbocycles.